The van der Waals surface area contributed by atoms with Gasteiger partial charge in [-0.25, -0.2) is 9.97 Å². The normalized spacial score (nSPS) is 19.7. The quantitative estimate of drug-likeness (QED) is 0.645. The number of β-amino-alcohol motifs (C(OH)–C–C–N with tert-alkyl or cyclic N) is 1. The number of nitrogens with zero attached hydrogens (tertiary/aromatic N) is 3. The van der Waals surface area contributed by atoms with Gasteiger partial charge in [0, 0.05) is 13.1 Å². The molecule has 1 atom stereocenters. The minimum absolute atomic E-state index is 0.208. The number of aliphatic hydroxyl groups is 1. The van der Waals surface area contributed by atoms with Crippen molar-refractivity contribution in [1.82, 2.24) is 14.9 Å². The lowest BCUT2D eigenvalue weighted by Crippen LogP contribution is -2.30. The first kappa shape index (κ1) is 12.6. The van der Waals surface area contributed by atoms with Gasteiger partial charge in [-0.05, 0) is 12.7 Å². The predicted octanol–water partition coefficient (Wildman–Crippen LogP) is 1.06. The van der Waals surface area contributed by atoms with Crippen molar-refractivity contribution in [1.29, 1.82) is 0 Å². The Kier molecular flexibility index (Phi) is 3.86. The van der Waals surface area contributed by atoms with Crippen molar-refractivity contribution >= 4 is 29.3 Å². The van der Waals surface area contributed by atoms with Crippen molar-refractivity contribution in [3.8, 4) is 0 Å². The molecular formula is C10H12ClN3O2S. The molecule has 0 saturated carbocycles. The molecule has 1 N–H and O–H groups in total. The summed E-state index contributed by atoms with van der Waals surface area (Å²) in [4.78, 5) is 21.8. The maximum atomic E-state index is 12.1. The zero-order valence-corrected chi connectivity index (χ0v) is 10.8. The average Bonchev–Trinajstić information content (AvgIpc) is 2.76. The molecule has 1 aromatic rings. The Morgan fingerprint density at radius 2 is 2.47 bits per heavy atom. The van der Waals surface area contributed by atoms with Crippen LogP contribution in [-0.2, 0) is 0 Å². The zero-order valence-electron chi connectivity index (χ0n) is 9.26. The first-order valence-electron chi connectivity index (χ1n) is 5.15. The highest BCUT2D eigenvalue weighted by Crippen LogP contribution is 2.20. The average molecular weight is 274 g/mol. The second kappa shape index (κ2) is 5.20. The van der Waals surface area contributed by atoms with Gasteiger partial charge >= 0.3 is 0 Å². The van der Waals surface area contributed by atoms with E-state index < -0.39 is 6.10 Å². The molecule has 0 spiro atoms. The smallest absolute Gasteiger partial charge is 0.274 e. The Labute approximate surface area is 108 Å². The molecule has 2 rings (SSSR count). The van der Waals surface area contributed by atoms with Gasteiger partial charge < -0.3 is 10.0 Å². The lowest BCUT2D eigenvalue weighted by Gasteiger charge is -2.15. The van der Waals surface area contributed by atoms with E-state index in [2.05, 4.69) is 9.97 Å². The highest BCUT2D eigenvalue weighted by molar-refractivity contribution is 7.98. The van der Waals surface area contributed by atoms with Crippen molar-refractivity contribution in [3.05, 3.63) is 16.9 Å². The number of thioether (sulfide) groups is 1. The van der Waals surface area contributed by atoms with Gasteiger partial charge in [0.15, 0.2) is 10.9 Å². The van der Waals surface area contributed by atoms with Gasteiger partial charge in [0.1, 0.15) is 0 Å². The molecule has 1 aliphatic rings. The van der Waals surface area contributed by atoms with Gasteiger partial charge in [-0.15, -0.1) is 0 Å². The minimum Gasteiger partial charge on any atom is -0.391 e. The minimum atomic E-state index is -0.445. The monoisotopic (exact) mass is 273 g/mol. The fraction of sp³-hybridized carbons (Fsp3) is 0.500. The lowest BCUT2D eigenvalue weighted by molar-refractivity contribution is 0.0758. The van der Waals surface area contributed by atoms with Gasteiger partial charge in [-0.3, -0.25) is 4.79 Å². The Morgan fingerprint density at radius 1 is 1.71 bits per heavy atom. The zero-order chi connectivity index (χ0) is 12.4. The summed E-state index contributed by atoms with van der Waals surface area (Å²) in [6.45, 7) is 0.878. The first-order valence-corrected chi connectivity index (χ1v) is 6.76. The number of likely N-dealkylation sites (tertiary alicyclic amines) is 1. The lowest BCUT2D eigenvalue weighted by atomic mass is 10.3. The second-order valence-electron chi connectivity index (χ2n) is 3.75. The number of amides is 1. The van der Waals surface area contributed by atoms with E-state index in [0.29, 0.717) is 24.7 Å². The number of carbonyl (C=O) groups is 1. The van der Waals surface area contributed by atoms with E-state index in [1.165, 1.54) is 18.0 Å². The third-order valence-corrected chi connectivity index (χ3v) is 3.40. The SMILES string of the molecule is CSc1ncc(Cl)c(C(=O)N2CC[C@@H](O)C2)n1. The van der Waals surface area contributed by atoms with Crippen molar-refractivity contribution in [2.45, 2.75) is 17.7 Å². The fourth-order valence-electron chi connectivity index (χ4n) is 1.68. The molecule has 1 aliphatic heterocycles. The van der Waals surface area contributed by atoms with Gasteiger partial charge in [0.25, 0.3) is 5.91 Å². The number of rotatable bonds is 2. The molecule has 1 fully saturated rings. The maximum absolute atomic E-state index is 12.1. The number of aromatic nitrogens is 2. The Hall–Kier alpha value is -0.850. The summed E-state index contributed by atoms with van der Waals surface area (Å²) in [7, 11) is 0. The van der Waals surface area contributed by atoms with E-state index in [0.717, 1.165) is 0 Å². The van der Waals surface area contributed by atoms with E-state index in [-0.39, 0.29) is 16.6 Å². The molecule has 0 radical (unpaired) electrons. The Bertz CT molecular complexity index is 444. The highest BCUT2D eigenvalue weighted by atomic mass is 35.5. The standard InChI is InChI=1S/C10H12ClN3O2S/c1-17-10-12-4-7(11)8(13-10)9(16)14-3-2-6(15)5-14/h4,6,15H,2-3,5H2,1H3/t6-/m1/s1. The summed E-state index contributed by atoms with van der Waals surface area (Å²) in [5, 5.41) is 10.2. The summed E-state index contributed by atoms with van der Waals surface area (Å²) in [5.74, 6) is -0.246. The van der Waals surface area contributed by atoms with Gasteiger partial charge in [-0.2, -0.15) is 0 Å². The maximum Gasteiger partial charge on any atom is 0.274 e. The summed E-state index contributed by atoms with van der Waals surface area (Å²) < 4.78 is 0. The molecule has 0 aromatic carbocycles. The van der Waals surface area contributed by atoms with Crippen LogP contribution in [0.25, 0.3) is 0 Å². The van der Waals surface area contributed by atoms with Gasteiger partial charge in [0.05, 0.1) is 17.3 Å². The number of carbonyl (C=O) groups excluding carboxylic acids is 1. The largest absolute Gasteiger partial charge is 0.391 e. The third-order valence-electron chi connectivity index (χ3n) is 2.56. The molecule has 0 unspecified atom stereocenters. The Balaban J connectivity index is 2.24. The van der Waals surface area contributed by atoms with E-state index in [4.69, 9.17) is 11.6 Å². The van der Waals surface area contributed by atoms with Crippen LogP contribution in [0.1, 0.15) is 16.9 Å². The van der Waals surface area contributed by atoms with Crippen LogP contribution in [0.5, 0.6) is 0 Å². The molecule has 1 amide bonds. The van der Waals surface area contributed by atoms with E-state index >= 15 is 0 Å². The predicted molar refractivity (Wildman–Crippen MR) is 65.4 cm³/mol. The molecule has 5 nitrogen and oxygen atoms in total. The molecule has 17 heavy (non-hydrogen) atoms. The first-order chi connectivity index (χ1) is 8.11. The molecule has 0 bridgehead atoms. The van der Waals surface area contributed by atoms with Crippen molar-refractivity contribution < 1.29 is 9.90 Å². The van der Waals surface area contributed by atoms with Crippen LogP contribution in [0.3, 0.4) is 0 Å². The number of hydrogen-bond donors (Lipinski definition) is 1. The van der Waals surface area contributed by atoms with Crippen LogP contribution in [0, 0.1) is 0 Å². The van der Waals surface area contributed by atoms with Gasteiger partial charge in [-0.1, -0.05) is 23.4 Å². The van der Waals surface area contributed by atoms with Crippen molar-refractivity contribution in [2.75, 3.05) is 19.3 Å². The van der Waals surface area contributed by atoms with E-state index in [1.807, 2.05) is 6.26 Å². The molecule has 1 saturated heterocycles. The number of hydrogen-bond acceptors (Lipinski definition) is 5. The van der Waals surface area contributed by atoms with Crippen LogP contribution in [0.4, 0.5) is 0 Å². The number of aliphatic hydroxyl groups excluding tert-OH is 1. The van der Waals surface area contributed by atoms with Crippen LogP contribution < -0.4 is 0 Å². The van der Waals surface area contributed by atoms with Gasteiger partial charge in [0.2, 0.25) is 0 Å². The van der Waals surface area contributed by atoms with Crippen LogP contribution in [-0.4, -0.2) is 51.3 Å². The summed E-state index contributed by atoms with van der Waals surface area (Å²) in [6, 6.07) is 0. The summed E-state index contributed by atoms with van der Waals surface area (Å²) in [6.07, 6.45) is 3.42. The van der Waals surface area contributed by atoms with Crippen LogP contribution >= 0.6 is 23.4 Å². The van der Waals surface area contributed by atoms with E-state index in [1.54, 1.807) is 4.90 Å². The molecule has 1 aromatic heterocycles. The van der Waals surface area contributed by atoms with Crippen LogP contribution in [0.15, 0.2) is 11.4 Å². The third kappa shape index (κ3) is 2.70. The van der Waals surface area contributed by atoms with Crippen molar-refractivity contribution in [2.24, 2.45) is 0 Å². The molecule has 0 aliphatic carbocycles. The Morgan fingerprint density at radius 3 is 3.06 bits per heavy atom. The molecule has 7 heteroatoms. The van der Waals surface area contributed by atoms with Crippen LogP contribution in [0.2, 0.25) is 5.02 Å². The highest BCUT2D eigenvalue weighted by Gasteiger charge is 2.27. The summed E-state index contributed by atoms with van der Waals surface area (Å²) in [5.41, 5.74) is 0.208. The molecule has 2 heterocycles. The molecule has 92 valence electrons. The molecular weight excluding hydrogens is 262 g/mol. The van der Waals surface area contributed by atoms with E-state index in [9.17, 15) is 9.90 Å². The topological polar surface area (TPSA) is 66.3 Å². The summed E-state index contributed by atoms with van der Waals surface area (Å²) >= 11 is 7.27. The number of halogens is 1. The fourth-order valence-corrected chi connectivity index (χ4v) is 2.19. The second-order valence-corrected chi connectivity index (χ2v) is 4.93. The van der Waals surface area contributed by atoms with Crippen molar-refractivity contribution in [3.63, 3.8) is 0 Å².